The second-order valence-electron chi connectivity index (χ2n) is 2.98. The Morgan fingerprint density at radius 3 is 3.12 bits per heavy atom. The number of anilines is 1. The molecule has 0 unspecified atom stereocenters. The first kappa shape index (κ1) is 11.9. The van der Waals surface area contributed by atoms with Crippen LogP contribution in [0.3, 0.4) is 0 Å². The third-order valence-electron chi connectivity index (χ3n) is 1.85. The van der Waals surface area contributed by atoms with Crippen LogP contribution in [0.2, 0.25) is 0 Å². The number of ether oxygens (including phenoxy) is 1. The van der Waals surface area contributed by atoms with Gasteiger partial charge in [-0.25, -0.2) is 4.98 Å². The molecule has 0 spiro atoms. The van der Waals surface area contributed by atoms with Crippen LogP contribution in [0.25, 0.3) is 16.5 Å². The lowest BCUT2D eigenvalue weighted by Gasteiger charge is -2.03. The second kappa shape index (κ2) is 6.31. The molecule has 0 aliphatic heterocycles. The molecule has 16 heavy (non-hydrogen) atoms. The number of nitrogen functional groups attached to an aromatic ring is 1. The smallest absolute Gasteiger partial charge is 0.237 e. The number of methoxy groups -OCH3 is 1. The fourth-order valence-corrected chi connectivity index (χ4v) is 1.10. The Labute approximate surface area is 93.4 Å². The Bertz CT molecular complexity index is 423. The van der Waals surface area contributed by atoms with Crippen molar-refractivity contribution in [2.75, 3.05) is 19.4 Å². The molecule has 84 valence electrons. The van der Waals surface area contributed by atoms with Gasteiger partial charge in [0.25, 0.3) is 0 Å². The number of rotatable bonds is 5. The molecule has 1 aromatic rings. The van der Waals surface area contributed by atoms with Crippen LogP contribution in [0.5, 0.6) is 5.88 Å². The predicted molar refractivity (Wildman–Crippen MR) is 62.9 cm³/mol. The molecule has 0 saturated heterocycles. The zero-order valence-corrected chi connectivity index (χ0v) is 9.00. The Balaban J connectivity index is 2.63. The highest BCUT2D eigenvalue weighted by Gasteiger charge is 1.99. The second-order valence-corrected chi connectivity index (χ2v) is 2.98. The summed E-state index contributed by atoms with van der Waals surface area (Å²) in [5.74, 6) is 0.414. The number of hydrogen-bond acceptors (Lipinski definition) is 4. The molecule has 2 N–H and O–H groups in total. The molecule has 0 radical (unpaired) electrons. The van der Waals surface area contributed by atoms with E-state index in [-0.39, 0.29) is 0 Å². The maximum atomic E-state index is 8.07. The summed E-state index contributed by atoms with van der Waals surface area (Å²) in [6.07, 6.45) is 4.39. The molecule has 6 nitrogen and oxygen atoms in total. The highest BCUT2D eigenvalue weighted by molar-refractivity contribution is 5.54. The SMILES string of the molecule is COc1nc(C=CCCN=[N+]=[N-])ccc1N. The summed E-state index contributed by atoms with van der Waals surface area (Å²) in [6.45, 7) is 0.444. The Morgan fingerprint density at radius 1 is 1.62 bits per heavy atom. The summed E-state index contributed by atoms with van der Waals surface area (Å²) in [5, 5.41) is 3.42. The van der Waals surface area contributed by atoms with E-state index in [1.54, 1.807) is 12.1 Å². The van der Waals surface area contributed by atoms with Crippen LogP contribution in [0.4, 0.5) is 5.69 Å². The van der Waals surface area contributed by atoms with E-state index in [1.165, 1.54) is 7.11 Å². The molecule has 0 aliphatic carbocycles. The molecule has 0 saturated carbocycles. The number of nitrogens with zero attached hydrogens (tertiary/aromatic N) is 4. The fraction of sp³-hybridized carbons (Fsp3) is 0.300. The van der Waals surface area contributed by atoms with Gasteiger partial charge in [0.2, 0.25) is 5.88 Å². The van der Waals surface area contributed by atoms with Crippen LogP contribution in [0.15, 0.2) is 23.3 Å². The van der Waals surface area contributed by atoms with Crippen molar-refractivity contribution < 1.29 is 4.74 Å². The van der Waals surface area contributed by atoms with Gasteiger partial charge in [0.15, 0.2) is 0 Å². The first-order valence-corrected chi connectivity index (χ1v) is 4.76. The maximum Gasteiger partial charge on any atom is 0.237 e. The van der Waals surface area contributed by atoms with Crippen molar-refractivity contribution in [3.8, 4) is 5.88 Å². The summed E-state index contributed by atoms with van der Waals surface area (Å²) < 4.78 is 4.99. The number of hydrogen-bond donors (Lipinski definition) is 1. The lowest BCUT2D eigenvalue weighted by Crippen LogP contribution is -1.96. The average molecular weight is 219 g/mol. The van der Waals surface area contributed by atoms with E-state index in [9.17, 15) is 0 Å². The summed E-state index contributed by atoms with van der Waals surface area (Å²) in [5.41, 5.74) is 15.0. The molecule has 1 rings (SSSR count). The van der Waals surface area contributed by atoms with Gasteiger partial charge < -0.3 is 10.5 Å². The summed E-state index contributed by atoms with van der Waals surface area (Å²) in [4.78, 5) is 6.83. The van der Waals surface area contributed by atoms with E-state index in [1.807, 2.05) is 12.2 Å². The predicted octanol–water partition coefficient (Wildman–Crippen LogP) is 2.39. The summed E-state index contributed by atoms with van der Waals surface area (Å²) in [7, 11) is 1.52. The first-order valence-electron chi connectivity index (χ1n) is 4.76. The van der Waals surface area contributed by atoms with Gasteiger partial charge in [-0.3, -0.25) is 0 Å². The minimum Gasteiger partial charge on any atom is -0.480 e. The molecule has 1 heterocycles. The standard InChI is InChI=1S/C10H13N5O/c1-16-10-9(11)6-5-8(14-10)4-2-3-7-13-15-12/h2,4-6H,3,7,11H2,1H3. The third kappa shape index (κ3) is 3.51. The highest BCUT2D eigenvalue weighted by Crippen LogP contribution is 2.18. The van der Waals surface area contributed by atoms with Gasteiger partial charge in [0.05, 0.1) is 18.5 Å². The van der Waals surface area contributed by atoms with E-state index >= 15 is 0 Å². The van der Waals surface area contributed by atoms with Crippen LogP contribution in [0, 0.1) is 0 Å². The van der Waals surface area contributed by atoms with E-state index < -0.39 is 0 Å². The van der Waals surface area contributed by atoms with Crippen molar-refractivity contribution in [3.05, 3.63) is 34.3 Å². The number of aromatic nitrogens is 1. The molecular formula is C10H13N5O. The van der Waals surface area contributed by atoms with E-state index in [0.29, 0.717) is 24.5 Å². The number of azide groups is 1. The molecule has 0 aromatic carbocycles. The molecular weight excluding hydrogens is 206 g/mol. The van der Waals surface area contributed by atoms with Crippen LogP contribution in [0.1, 0.15) is 12.1 Å². The van der Waals surface area contributed by atoms with Crippen molar-refractivity contribution >= 4 is 11.8 Å². The van der Waals surface area contributed by atoms with Crippen molar-refractivity contribution in [3.63, 3.8) is 0 Å². The van der Waals surface area contributed by atoms with Gasteiger partial charge >= 0.3 is 0 Å². The minimum absolute atomic E-state index is 0.414. The van der Waals surface area contributed by atoms with Crippen LogP contribution >= 0.6 is 0 Å². The fourth-order valence-electron chi connectivity index (χ4n) is 1.10. The first-order chi connectivity index (χ1) is 7.77. The van der Waals surface area contributed by atoms with Gasteiger partial charge in [0.1, 0.15) is 0 Å². The van der Waals surface area contributed by atoms with Crippen LogP contribution in [-0.2, 0) is 0 Å². The highest BCUT2D eigenvalue weighted by atomic mass is 16.5. The van der Waals surface area contributed by atoms with Gasteiger partial charge in [-0.2, -0.15) is 0 Å². The normalized spacial score (nSPS) is 10.1. The Kier molecular flexibility index (Phi) is 4.69. The zero-order valence-electron chi connectivity index (χ0n) is 9.00. The molecule has 6 heteroatoms. The van der Waals surface area contributed by atoms with Crippen molar-refractivity contribution in [2.45, 2.75) is 6.42 Å². The zero-order chi connectivity index (χ0) is 11.8. The summed E-state index contributed by atoms with van der Waals surface area (Å²) >= 11 is 0. The number of pyridine rings is 1. The lowest BCUT2D eigenvalue weighted by molar-refractivity contribution is 0.400. The molecule has 1 aromatic heterocycles. The van der Waals surface area contributed by atoms with Gasteiger partial charge in [0, 0.05) is 11.5 Å². The minimum atomic E-state index is 0.414. The van der Waals surface area contributed by atoms with Gasteiger partial charge in [-0.1, -0.05) is 11.2 Å². The third-order valence-corrected chi connectivity index (χ3v) is 1.85. The van der Waals surface area contributed by atoms with Crippen LogP contribution < -0.4 is 10.5 Å². The van der Waals surface area contributed by atoms with Gasteiger partial charge in [-0.15, -0.1) is 0 Å². The van der Waals surface area contributed by atoms with Crippen molar-refractivity contribution in [1.29, 1.82) is 0 Å². The lowest BCUT2D eigenvalue weighted by atomic mass is 10.3. The number of nitrogens with two attached hydrogens (primary N) is 1. The van der Waals surface area contributed by atoms with Crippen LogP contribution in [-0.4, -0.2) is 18.6 Å². The average Bonchev–Trinajstić information content (AvgIpc) is 2.31. The molecule has 0 aliphatic rings. The maximum absolute atomic E-state index is 8.07. The Morgan fingerprint density at radius 2 is 2.44 bits per heavy atom. The van der Waals surface area contributed by atoms with E-state index in [2.05, 4.69) is 15.0 Å². The van der Waals surface area contributed by atoms with E-state index in [0.717, 1.165) is 5.69 Å². The topological polar surface area (TPSA) is 96.9 Å². The summed E-state index contributed by atoms with van der Waals surface area (Å²) in [6, 6.07) is 3.53. The Hall–Kier alpha value is -2.20. The monoisotopic (exact) mass is 219 g/mol. The van der Waals surface area contributed by atoms with Crippen molar-refractivity contribution in [1.82, 2.24) is 4.98 Å². The molecule has 0 fully saturated rings. The molecule has 0 atom stereocenters. The van der Waals surface area contributed by atoms with E-state index in [4.69, 9.17) is 16.0 Å². The molecule has 0 amide bonds. The molecule has 0 bridgehead atoms. The largest absolute Gasteiger partial charge is 0.480 e. The van der Waals surface area contributed by atoms with Gasteiger partial charge in [-0.05, 0) is 30.2 Å². The van der Waals surface area contributed by atoms with Crippen molar-refractivity contribution in [2.24, 2.45) is 5.11 Å². The quantitative estimate of drug-likeness (QED) is 0.356.